The zero-order chi connectivity index (χ0) is 24.2. The molecule has 0 atom stereocenters. The van der Waals surface area contributed by atoms with Crippen molar-refractivity contribution in [2.24, 2.45) is 0 Å². The second-order valence-corrected chi connectivity index (χ2v) is 9.31. The molecular formula is C20H21F3N4O5S. The normalized spacial score (nSPS) is 15.8. The van der Waals surface area contributed by atoms with Crippen molar-refractivity contribution in [1.82, 2.24) is 9.21 Å². The molecule has 0 aromatic heterocycles. The van der Waals surface area contributed by atoms with Gasteiger partial charge in [-0.05, 0) is 36.4 Å². The third kappa shape index (κ3) is 6.27. The minimum atomic E-state index is -4.54. The van der Waals surface area contributed by atoms with E-state index in [0.717, 1.165) is 24.3 Å². The number of nitrogens with zero attached hydrogens (tertiary/aromatic N) is 3. The number of carbonyl (C=O) groups excluding carboxylic acids is 1. The van der Waals surface area contributed by atoms with E-state index in [4.69, 9.17) is 0 Å². The van der Waals surface area contributed by atoms with Crippen molar-refractivity contribution in [3.63, 3.8) is 0 Å². The van der Waals surface area contributed by atoms with Crippen molar-refractivity contribution in [2.45, 2.75) is 17.5 Å². The average molecular weight is 486 g/mol. The van der Waals surface area contributed by atoms with Gasteiger partial charge < -0.3 is 10.2 Å². The summed E-state index contributed by atoms with van der Waals surface area (Å²) < 4.78 is 64.7. The van der Waals surface area contributed by atoms with Gasteiger partial charge in [0.2, 0.25) is 15.9 Å². The lowest BCUT2D eigenvalue weighted by molar-refractivity contribution is -0.384. The summed E-state index contributed by atoms with van der Waals surface area (Å²) in [5, 5.41) is 13.3. The number of non-ortho nitro benzene ring substituents is 1. The fraction of sp³-hybridized carbons (Fsp3) is 0.350. The quantitative estimate of drug-likeness (QED) is 0.476. The topological polar surface area (TPSA) is 113 Å². The van der Waals surface area contributed by atoms with Crippen molar-refractivity contribution >= 4 is 27.3 Å². The van der Waals surface area contributed by atoms with Gasteiger partial charge in [-0.1, -0.05) is 0 Å². The molecule has 1 saturated heterocycles. The van der Waals surface area contributed by atoms with E-state index in [9.17, 15) is 36.5 Å². The Morgan fingerprint density at radius 1 is 1.00 bits per heavy atom. The number of nitro groups is 1. The van der Waals surface area contributed by atoms with Gasteiger partial charge in [0.25, 0.3) is 5.69 Å². The Balaban J connectivity index is 1.48. The van der Waals surface area contributed by atoms with E-state index in [1.54, 1.807) is 0 Å². The largest absolute Gasteiger partial charge is 0.416 e. The van der Waals surface area contributed by atoms with Gasteiger partial charge in [0, 0.05) is 57.0 Å². The van der Waals surface area contributed by atoms with E-state index < -0.39 is 26.7 Å². The third-order valence-electron chi connectivity index (χ3n) is 5.17. The van der Waals surface area contributed by atoms with Crippen LogP contribution in [0.5, 0.6) is 0 Å². The number of halogens is 3. The summed E-state index contributed by atoms with van der Waals surface area (Å²) in [5.74, 6) is -0.288. The maximum atomic E-state index is 12.7. The number of anilines is 1. The van der Waals surface area contributed by atoms with E-state index in [-0.39, 0.29) is 36.0 Å². The summed E-state index contributed by atoms with van der Waals surface area (Å²) in [7, 11) is -3.92. The molecule has 9 nitrogen and oxygen atoms in total. The van der Waals surface area contributed by atoms with Gasteiger partial charge in [-0.3, -0.25) is 14.9 Å². The highest BCUT2D eigenvalue weighted by Gasteiger charge is 2.32. The number of benzene rings is 2. The lowest BCUT2D eigenvalue weighted by Crippen LogP contribution is -2.49. The molecule has 0 saturated carbocycles. The van der Waals surface area contributed by atoms with Gasteiger partial charge in [-0.15, -0.1) is 0 Å². The molecule has 0 radical (unpaired) electrons. The molecule has 2 aromatic rings. The van der Waals surface area contributed by atoms with Crippen LogP contribution in [0.1, 0.15) is 12.0 Å². The van der Waals surface area contributed by atoms with Crippen LogP contribution in [-0.4, -0.2) is 61.2 Å². The molecule has 0 aliphatic carbocycles. The Hall–Kier alpha value is -3.03. The van der Waals surface area contributed by atoms with Crippen LogP contribution in [0.25, 0.3) is 0 Å². The molecule has 33 heavy (non-hydrogen) atoms. The fourth-order valence-corrected chi connectivity index (χ4v) is 4.73. The highest BCUT2D eigenvalue weighted by atomic mass is 32.2. The zero-order valence-corrected chi connectivity index (χ0v) is 18.1. The molecule has 3 rings (SSSR count). The van der Waals surface area contributed by atoms with Crippen LogP contribution >= 0.6 is 0 Å². The molecule has 0 spiro atoms. The number of carbonyl (C=O) groups is 1. The monoisotopic (exact) mass is 486 g/mol. The van der Waals surface area contributed by atoms with E-state index in [1.807, 2.05) is 4.90 Å². The predicted octanol–water partition coefficient (Wildman–Crippen LogP) is 2.95. The summed E-state index contributed by atoms with van der Waals surface area (Å²) in [4.78, 5) is 24.0. The number of sulfonamides is 1. The average Bonchev–Trinajstić information content (AvgIpc) is 2.78. The number of piperazine rings is 1. The van der Waals surface area contributed by atoms with Crippen molar-refractivity contribution in [1.29, 1.82) is 0 Å². The number of rotatable bonds is 7. The molecule has 1 heterocycles. The maximum Gasteiger partial charge on any atom is 0.416 e. The van der Waals surface area contributed by atoms with Crippen LogP contribution < -0.4 is 5.32 Å². The summed E-state index contributed by atoms with van der Waals surface area (Å²) in [5.41, 5.74) is -0.576. The minimum Gasteiger partial charge on any atom is -0.326 e. The number of nitrogens with one attached hydrogen (secondary N) is 1. The second-order valence-electron chi connectivity index (χ2n) is 7.37. The maximum absolute atomic E-state index is 12.7. The van der Waals surface area contributed by atoms with E-state index in [0.29, 0.717) is 25.3 Å². The molecule has 1 aliphatic heterocycles. The molecule has 1 N–H and O–H groups in total. The number of hydrogen-bond acceptors (Lipinski definition) is 6. The number of hydrogen-bond donors (Lipinski definition) is 1. The summed E-state index contributed by atoms with van der Waals surface area (Å²) in [6.45, 7) is 1.41. The lowest BCUT2D eigenvalue weighted by Gasteiger charge is -2.33. The Morgan fingerprint density at radius 3 is 2.09 bits per heavy atom. The molecule has 1 amide bonds. The van der Waals surface area contributed by atoms with Gasteiger partial charge in [0.1, 0.15) is 0 Å². The highest BCUT2D eigenvalue weighted by molar-refractivity contribution is 7.89. The summed E-state index contributed by atoms with van der Waals surface area (Å²) >= 11 is 0. The molecule has 1 fully saturated rings. The highest BCUT2D eigenvalue weighted by Crippen LogP contribution is 2.30. The smallest absolute Gasteiger partial charge is 0.326 e. The number of amides is 1. The fourth-order valence-electron chi connectivity index (χ4n) is 3.31. The molecule has 2 aromatic carbocycles. The van der Waals surface area contributed by atoms with Crippen molar-refractivity contribution in [3.05, 3.63) is 64.2 Å². The van der Waals surface area contributed by atoms with Crippen LogP contribution in [0.3, 0.4) is 0 Å². The summed E-state index contributed by atoms with van der Waals surface area (Å²) in [6.07, 6.45) is -4.40. The SMILES string of the molecule is O=C(CCN1CCN(S(=O)(=O)c2ccc(C(F)(F)F)cc2)CC1)Nc1ccc([N+](=O)[O-])cc1. The van der Waals surface area contributed by atoms with E-state index in [1.165, 1.54) is 28.6 Å². The molecule has 13 heteroatoms. The number of nitro benzene ring substituents is 1. The minimum absolute atomic E-state index is 0.0860. The first-order valence-corrected chi connectivity index (χ1v) is 11.3. The Labute approximate surface area is 188 Å². The van der Waals surface area contributed by atoms with Crippen LogP contribution in [0.4, 0.5) is 24.5 Å². The van der Waals surface area contributed by atoms with Gasteiger partial charge in [-0.25, -0.2) is 8.42 Å². The Bertz CT molecular complexity index is 1100. The van der Waals surface area contributed by atoms with Gasteiger partial charge in [0.05, 0.1) is 15.4 Å². The van der Waals surface area contributed by atoms with Crippen molar-refractivity contribution in [2.75, 3.05) is 38.0 Å². The van der Waals surface area contributed by atoms with Crippen molar-refractivity contribution in [3.8, 4) is 0 Å². The van der Waals surface area contributed by atoms with Crippen LogP contribution in [0, 0.1) is 10.1 Å². The molecule has 178 valence electrons. The zero-order valence-electron chi connectivity index (χ0n) is 17.3. The van der Waals surface area contributed by atoms with Gasteiger partial charge >= 0.3 is 6.18 Å². The first-order chi connectivity index (χ1) is 15.5. The van der Waals surface area contributed by atoms with Gasteiger partial charge in [-0.2, -0.15) is 17.5 Å². The molecular weight excluding hydrogens is 465 g/mol. The Morgan fingerprint density at radius 2 is 1.58 bits per heavy atom. The van der Waals surface area contributed by atoms with Crippen LogP contribution in [0.15, 0.2) is 53.4 Å². The molecule has 0 unspecified atom stereocenters. The Kier molecular flexibility index (Phi) is 7.34. The molecule has 0 bridgehead atoms. The van der Waals surface area contributed by atoms with Crippen LogP contribution in [0.2, 0.25) is 0 Å². The summed E-state index contributed by atoms with van der Waals surface area (Å²) in [6, 6.07) is 8.82. The first-order valence-electron chi connectivity index (χ1n) is 9.91. The third-order valence-corrected chi connectivity index (χ3v) is 7.08. The standard InChI is InChI=1S/C20H21F3N4O5S/c21-20(22,23)15-1-7-18(8-2-15)33(31,32)26-13-11-25(12-14-26)10-9-19(28)24-16-3-5-17(6-4-16)27(29)30/h1-8H,9-14H2,(H,24,28). The van der Waals surface area contributed by atoms with Crippen molar-refractivity contribution < 1.29 is 31.3 Å². The van der Waals surface area contributed by atoms with Gasteiger partial charge in [0.15, 0.2) is 0 Å². The molecule has 1 aliphatic rings. The van der Waals surface area contributed by atoms with E-state index >= 15 is 0 Å². The first kappa shape index (κ1) is 24.6. The van der Waals surface area contributed by atoms with E-state index in [2.05, 4.69) is 5.32 Å². The lowest BCUT2D eigenvalue weighted by atomic mass is 10.2. The second kappa shape index (κ2) is 9.85. The van der Waals surface area contributed by atoms with Crippen LogP contribution in [-0.2, 0) is 21.0 Å². The predicted molar refractivity (Wildman–Crippen MR) is 113 cm³/mol. The number of alkyl halides is 3.